The lowest BCUT2D eigenvalue weighted by atomic mass is 10.0. The monoisotopic (exact) mass is 276 g/mol. The van der Waals surface area contributed by atoms with Crippen molar-refractivity contribution in [1.29, 1.82) is 5.26 Å². The van der Waals surface area contributed by atoms with E-state index in [0.29, 0.717) is 22.5 Å². The maximum atomic E-state index is 9.28. The third-order valence-electron chi connectivity index (χ3n) is 3.15. The van der Waals surface area contributed by atoms with Gasteiger partial charge in [0.15, 0.2) is 0 Å². The van der Waals surface area contributed by atoms with Gasteiger partial charge in [-0.25, -0.2) is 9.97 Å². The molecule has 2 heterocycles. The van der Waals surface area contributed by atoms with Crippen molar-refractivity contribution < 1.29 is 0 Å². The molecule has 2 aromatic heterocycles. The first-order valence-corrected chi connectivity index (χ1v) is 6.24. The molecule has 0 atom stereocenters. The Hall–Kier alpha value is -3.33. The van der Waals surface area contributed by atoms with Crippen LogP contribution in [-0.4, -0.2) is 15.0 Å². The second kappa shape index (κ2) is 4.98. The third-order valence-corrected chi connectivity index (χ3v) is 3.15. The van der Waals surface area contributed by atoms with Crippen LogP contribution in [0.1, 0.15) is 5.56 Å². The van der Waals surface area contributed by atoms with Gasteiger partial charge in [-0.1, -0.05) is 12.1 Å². The summed E-state index contributed by atoms with van der Waals surface area (Å²) >= 11 is 0. The number of hydrogen-bond donors (Lipinski definition) is 3. The van der Waals surface area contributed by atoms with Crippen molar-refractivity contribution in [2.24, 2.45) is 0 Å². The van der Waals surface area contributed by atoms with Crippen LogP contribution in [-0.2, 0) is 0 Å². The predicted molar refractivity (Wildman–Crippen MR) is 80.8 cm³/mol. The molecule has 21 heavy (non-hydrogen) atoms. The second-order valence-corrected chi connectivity index (χ2v) is 4.51. The molecule has 1 aromatic carbocycles. The number of imidazole rings is 1. The van der Waals surface area contributed by atoms with Crippen LogP contribution in [0.3, 0.4) is 0 Å². The van der Waals surface area contributed by atoms with E-state index in [0.717, 1.165) is 11.3 Å². The summed E-state index contributed by atoms with van der Waals surface area (Å²) < 4.78 is 0. The Bertz CT molecular complexity index is 813. The molecule has 0 aliphatic rings. The average Bonchev–Trinajstić information content (AvgIpc) is 3.01. The fraction of sp³-hybridized carbons (Fsp3) is 0. The number of nitrogen functional groups attached to an aromatic ring is 2. The summed E-state index contributed by atoms with van der Waals surface area (Å²) in [4.78, 5) is 11.2. The zero-order valence-electron chi connectivity index (χ0n) is 11.0. The Labute approximate surface area is 121 Å². The molecule has 3 rings (SSSR count). The lowest BCUT2D eigenvalue weighted by Gasteiger charge is -2.08. The largest absolute Gasteiger partial charge is 0.399 e. The topological polar surface area (TPSA) is 117 Å². The van der Waals surface area contributed by atoms with Gasteiger partial charge in [0.05, 0.1) is 23.9 Å². The SMILES string of the molecule is N#Cc1c(-c2cnc[nH]2)cc(-c2ccc(N)cc2)nc1N. The Morgan fingerprint density at radius 3 is 2.52 bits per heavy atom. The average molecular weight is 276 g/mol. The molecule has 0 amide bonds. The number of H-pyrrole nitrogens is 1. The van der Waals surface area contributed by atoms with E-state index in [2.05, 4.69) is 21.0 Å². The van der Waals surface area contributed by atoms with Crippen LogP contribution in [0.5, 0.6) is 0 Å². The minimum atomic E-state index is 0.191. The Kier molecular flexibility index (Phi) is 3.01. The van der Waals surface area contributed by atoms with Crippen molar-refractivity contribution in [3.63, 3.8) is 0 Å². The fourth-order valence-electron chi connectivity index (χ4n) is 2.10. The number of nitrogens with one attached hydrogen (secondary N) is 1. The fourth-order valence-corrected chi connectivity index (χ4v) is 2.10. The van der Waals surface area contributed by atoms with E-state index in [-0.39, 0.29) is 5.82 Å². The standard InChI is InChI=1S/C15H12N6/c16-6-12-11(14-7-19-8-20-14)5-13(21-15(12)18)9-1-3-10(17)4-2-9/h1-5,7-8H,17H2,(H2,18,21)(H,19,20). The first kappa shape index (κ1) is 12.7. The van der Waals surface area contributed by atoms with E-state index >= 15 is 0 Å². The highest BCUT2D eigenvalue weighted by Crippen LogP contribution is 2.30. The number of aromatic nitrogens is 3. The third kappa shape index (κ3) is 2.28. The maximum Gasteiger partial charge on any atom is 0.142 e. The van der Waals surface area contributed by atoms with Gasteiger partial charge in [0.1, 0.15) is 17.5 Å². The van der Waals surface area contributed by atoms with E-state index in [9.17, 15) is 5.26 Å². The summed E-state index contributed by atoms with van der Waals surface area (Å²) in [6.07, 6.45) is 3.19. The van der Waals surface area contributed by atoms with Gasteiger partial charge < -0.3 is 16.5 Å². The van der Waals surface area contributed by atoms with E-state index in [4.69, 9.17) is 11.5 Å². The van der Waals surface area contributed by atoms with Gasteiger partial charge in [-0.15, -0.1) is 0 Å². The zero-order valence-corrected chi connectivity index (χ0v) is 11.0. The molecular formula is C15H12N6. The van der Waals surface area contributed by atoms with Gasteiger partial charge >= 0.3 is 0 Å². The number of nitrogens with zero attached hydrogens (tertiary/aromatic N) is 3. The van der Waals surface area contributed by atoms with Gasteiger partial charge in [0.25, 0.3) is 0 Å². The number of benzene rings is 1. The molecule has 0 aliphatic carbocycles. The van der Waals surface area contributed by atoms with Crippen molar-refractivity contribution in [3.05, 3.63) is 48.4 Å². The lowest BCUT2D eigenvalue weighted by Crippen LogP contribution is -2.00. The molecular weight excluding hydrogens is 264 g/mol. The van der Waals surface area contributed by atoms with Gasteiger partial charge in [-0.3, -0.25) is 0 Å². The highest BCUT2D eigenvalue weighted by Gasteiger charge is 2.14. The first-order valence-electron chi connectivity index (χ1n) is 6.24. The summed E-state index contributed by atoms with van der Waals surface area (Å²) in [5.41, 5.74) is 15.6. The number of rotatable bonds is 2. The van der Waals surface area contributed by atoms with Crippen LogP contribution in [0.25, 0.3) is 22.5 Å². The number of nitriles is 1. The predicted octanol–water partition coefficient (Wildman–Crippen LogP) is 2.17. The number of anilines is 2. The molecule has 0 saturated heterocycles. The van der Waals surface area contributed by atoms with Crippen LogP contribution >= 0.6 is 0 Å². The molecule has 3 aromatic rings. The summed E-state index contributed by atoms with van der Waals surface area (Å²) in [5.74, 6) is 0.191. The molecule has 5 N–H and O–H groups in total. The minimum Gasteiger partial charge on any atom is -0.399 e. The molecule has 0 fully saturated rings. The summed E-state index contributed by atoms with van der Waals surface area (Å²) in [7, 11) is 0. The van der Waals surface area contributed by atoms with Crippen LogP contribution in [0.4, 0.5) is 11.5 Å². The van der Waals surface area contributed by atoms with E-state index < -0.39 is 0 Å². The lowest BCUT2D eigenvalue weighted by molar-refractivity contribution is 1.29. The Morgan fingerprint density at radius 2 is 1.90 bits per heavy atom. The molecule has 0 aliphatic heterocycles. The highest BCUT2D eigenvalue weighted by molar-refractivity contribution is 5.78. The number of hydrogen-bond acceptors (Lipinski definition) is 5. The normalized spacial score (nSPS) is 10.2. The Morgan fingerprint density at radius 1 is 1.14 bits per heavy atom. The minimum absolute atomic E-state index is 0.191. The zero-order chi connectivity index (χ0) is 14.8. The molecule has 0 saturated carbocycles. The number of aromatic amines is 1. The van der Waals surface area contributed by atoms with Crippen molar-refractivity contribution in [2.45, 2.75) is 0 Å². The van der Waals surface area contributed by atoms with Gasteiger partial charge in [-0.2, -0.15) is 5.26 Å². The van der Waals surface area contributed by atoms with Crippen LogP contribution in [0.15, 0.2) is 42.9 Å². The van der Waals surface area contributed by atoms with E-state index in [1.807, 2.05) is 18.2 Å². The maximum absolute atomic E-state index is 9.28. The number of nitrogens with two attached hydrogens (primary N) is 2. The quantitative estimate of drug-likeness (QED) is 0.620. The van der Waals surface area contributed by atoms with Crippen LogP contribution in [0.2, 0.25) is 0 Å². The smallest absolute Gasteiger partial charge is 0.142 e. The summed E-state index contributed by atoms with van der Waals surface area (Å²) in [6, 6.07) is 11.2. The van der Waals surface area contributed by atoms with Gasteiger partial charge in [0, 0.05) is 16.8 Å². The van der Waals surface area contributed by atoms with Crippen LogP contribution in [0, 0.1) is 11.3 Å². The van der Waals surface area contributed by atoms with Gasteiger partial charge in [0.2, 0.25) is 0 Å². The first-order chi connectivity index (χ1) is 10.2. The summed E-state index contributed by atoms with van der Waals surface area (Å²) in [6.45, 7) is 0. The van der Waals surface area contributed by atoms with Gasteiger partial charge in [-0.05, 0) is 18.2 Å². The van der Waals surface area contributed by atoms with Crippen LogP contribution < -0.4 is 11.5 Å². The highest BCUT2D eigenvalue weighted by atomic mass is 14.9. The molecule has 102 valence electrons. The Balaban J connectivity index is 2.21. The molecule has 0 spiro atoms. The van der Waals surface area contributed by atoms with Crippen molar-refractivity contribution in [3.8, 4) is 28.6 Å². The molecule has 6 nitrogen and oxygen atoms in total. The molecule has 6 heteroatoms. The van der Waals surface area contributed by atoms with E-state index in [1.54, 1.807) is 24.7 Å². The molecule has 0 bridgehead atoms. The second-order valence-electron chi connectivity index (χ2n) is 4.51. The van der Waals surface area contributed by atoms with E-state index in [1.165, 1.54) is 0 Å². The van der Waals surface area contributed by atoms with Crippen molar-refractivity contribution in [2.75, 3.05) is 11.5 Å². The van der Waals surface area contributed by atoms with Crippen molar-refractivity contribution >= 4 is 11.5 Å². The number of pyridine rings is 1. The molecule has 0 unspecified atom stereocenters. The van der Waals surface area contributed by atoms with Crippen molar-refractivity contribution in [1.82, 2.24) is 15.0 Å². The molecule has 0 radical (unpaired) electrons. The summed E-state index contributed by atoms with van der Waals surface area (Å²) in [5, 5.41) is 9.28.